The van der Waals surface area contributed by atoms with Gasteiger partial charge in [-0.25, -0.2) is 4.79 Å². The molecule has 1 N–H and O–H groups in total. The number of aromatic nitrogens is 1. The Bertz CT molecular complexity index is 779. The minimum absolute atomic E-state index is 0.0130. The van der Waals surface area contributed by atoms with Crippen molar-refractivity contribution in [3.63, 3.8) is 0 Å². The number of benzene rings is 1. The summed E-state index contributed by atoms with van der Waals surface area (Å²) in [5.74, 6) is -0.593. The standard InChI is InChI=1S/C17H21N3O3/c21-16(18-12-5-3-9-19-10-4-7-13(12)19)11-20-14-6-1-2-8-15(14)23-17(20)22/h1-2,6,8,12-13H,3-5,7,9-11H2,(H,18,21)/t12-,13-/m0/s1. The Labute approximate surface area is 134 Å². The Hall–Kier alpha value is -2.08. The van der Waals surface area contributed by atoms with E-state index in [1.54, 1.807) is 12.1 Å². The van der Waals surface area contributed by atoms with E-state index in [-0.39, 0.29) is 18.5 Å². The van der Waals surface area contributed by atoms with Crippen LogP contribution < -0.4 is 11.1 Å². The lowest BCUT2D eigenvalue weighted by Gasteiger charge is -2.37. The van der Waals surface area contributed by atoms with E-state index < -0.39 is 5.76 Å². The molecule has 1 aromatic carbocycles. The van der Waals surface area contributed by atoms with Crippen LogP contribution in [0.5, 0.6) is 0 Å². The molecule has 6 heteroatoms. The van der Waals surface area contributed by atoms with Gasteiger partial charge in [0.05, 0.1) is 5.52 Å². The van der Waals surface area contributed by atoms with Crippen LogP contribution in [0.15, 0.2) is 33.5 Å². The first-order valence-electron chi connectivity index (χ1n) is 8.34. The summed E-state index contributed by atoms with van der Waals surface area (Å²) in [5.41, 5.74) is 1.18. The van der Waals surface area contributed by atoms with E-state index in [1.807, 2.05) is 12.1 Å². The van der Waals surface area contributed by atoms with Crippen LogP contribution >= 0.6 is 0 Å². The lowest BCUT2D eigenvalue weighted by Crippen LogP contribution is -2.53. The summed E-state index contributed by atoms with van der Waals surface area (Å²) in [5, 5.41) is 3.14. The van der Waals surface area contributed by atoms with Crippen LogP contribution in [-0.2, 0) is 11.3 Å². The summed E-state index contributed by atoms with van der Waals surface area (Å²) < 4.78 is 6.58. The van der Waals surface area contributed by atoms with Gasteiger partial charge in [-0.3, -0.25) is 14.3 Å². The Morgan fingerprint density at radius 3 is 2.87 bits per heavy atom. The van der Waals surface area contributed by atoms with Gasteiger partial charge in [-0.1, -0.05) is 12.1 Å². The van der Waals surface area contributed by atoms with Gasteiger partial charge in [0, 0.05) is 12.1 Å². The Balaban J connectivity index is 1.49. The molecule has 0 aliphatic carbocycles. The van der Waals surface area contributed by atoms with Crippen LogP contribution in [0.1, 0.15) is 25.7 Å². The number of nitrogens with zero attached hydrogens (tertiary/aromatic N) is 2. The van der Waals surface area contributed by atoms with Crippen LogP contribution in [-0.4, -0.2) is 40.5 Å². The van der Waals surface area contributed by atoms with Crippen molar-refractivity contribution < 1.29 is 9.21 Å². The van der Waals surface area contributed by atoms with E-state index in [4.69, 9.17) is 4.42 Å². The predicted molar refractivity (Wildman–Crippen MR) is 86.2 cm³/mol. The maximum atomic E-state index is 12.4. The third-order valence-corrected chi connectivity index (χ3v) is 5.06. The van der Waals surface area contributed by atoms with Crippen molar-refractivity contribution >= 4 is 17.0 Å². The van der Waals surface area contributed by atoms with Crippen molar-refractivity contribution in [1.29, 1.82) is 0 Å². The van der Waals surface area contributed by atoms with Crippen molar-refractivity contribution in [2.24, 2.45) is 0 Å². The van der Waals surface area contributed by atoms with E-state index >= 15 is 0 Å². The van der Waals surface area contributed by atoms with Gasteiger partial charge in [-0.2, -0.15) is 0 Å². The molecular formula is C17H21N3O3. The summed E-state index contributed by atoms with van der Waals surface area (Å²) >= 11 is 0. The van der Waals surface area contributed by atoms with Crippen molar-refractivity contribution in [1.82, 2.24) is 14.8 Å². The topological polar surface area (TPSA) is 67.5 Å². The molecule has 0 unspecified atom stereocenters. The highest BCUT2D eigenvalue weighted by Gasteiger charge is 2.35. The number of oxazole rings is 1. The quantitative estimate of drug-likeness (QED) is 0.928. The smallest absolute Gasteiger partial charge is 0.408 e. The van der Waals surface area contributed by atoms with Crippen LogP contribution in [0.25, 0.3) is 11.1 Å². The number of carbonyl (C=O) groups excluding carboxylic acids is 1. The summed E-state index contributed by atoms with van der Waals surface area (Å²) in [7, 11) is 0. The van der Waals surface area contributed by atoms with Crippen molar-refractivity contribution in [3.05, 3.63) is 34.8 Å². The highest BCUT2D eigenvalue weighted by Crippen LogP contribution is 2.27. The molecule has 2 aliphatic heterocycles. The molecule has 0 spiro atoms. The number of rotatable bonds is 3. The van der Waals surface area contributed by atoms with Crippen molar-refractivity contribution in [2.75, 3.05) is 13.1 Å². The van der Waals surface area contributed by atoms with Gasteiger partial charge >= 0.3 is 5.76 Å². The molecule has 3 heterocycles. The summed E-state index contributed by atoms with van der Waals surface area (Å²) in [6.45, 7) is 2.30. The third-order valence-electron chi connectivity index (χ3n) is 5.06. The van der Waals surface area contributed by atoms with Crippen molar-refractivity contribution in [2.45, 2.75) is 44.3 Å². The average Bonchev–Trinajstić information content (AvgIpc) is 3.13. The number of amides is 1. The summed E-state index contributed by atoms with van der Waals surface area (Å²) in [6, 6.07) is 7.85. The lowest BCUT2D eigenvalue weighted by atomic mass is 9.96. The molecule has 2 atom stereocenters. The maximum Gasteiger partial charge on any atom is 0.420 e. The molecule has 1 aromatic heterocycles. The fourth-order valence-corrected chi connectivity index (χ4v) is 4.02. The van der Waals surface area contributed by atoms with Crippen LogP contribution in [0.3, 0.4) is 0 Å². The van der Waals surface area contributed by atoms with E-state index in [1.165, 1.54) is 11.0 Å². The zero-order valence-electron chi connectivity index (χ0n) is 13.0. The molecule has 0 bridgehead atoms. The molecule has 6 nitrogen and oxygen atoms in total. The van der Waals surface area contributed by atoms with Gasteiger partial charge in [0.25, 0.3) is 0 Å². The molecule has 2 aliphatic rings. The van der Waals surface area contributed by atoms with E-state index in [9.17, 15) is 9.59 Å². The number of para-hydroxylation sites is 2. The zero-order valence-corrected chi connectivity index (χ0v) is 13.0. The second-order valence-electron chi connectivity index (χ2n) is 6.48. The molecule has 23 heavy (non-hydrogen) atoms. The number of hydrogen-bond donors (Lipinski definition) is 1. The number of carbonyl (C=O) groups is 1. The van der Waals surface area contributed by atoms with E-state index in [2.05, 4.69) is 10.2 Å². The van der Waals surface area contributed by atoms with Gasteiger partial charge in [-0.15, -0.1) is 0 Å². The Morgan fingerprint density at radius 2 is 2.00 bits per heavy atom. The molecule has 2 saturated heterocycles. The Kier molecular flexibility index (Phi) is 3.69. The number of nitrogens with one attached hydrogen (secondary N) is 1. The molecule has 2 fully saturated rings. The first-order valence-corrected chi connectivity index (χ1v) is 8.34. The van der Waals surface area contributed by atoms with Crippen LogP contribution in [0, 0.1) is 0 Å². The number of piperidine rings is 1. The predicted octanol–water partition coefficient (Wildman–Crippen LogP) is 1.34. The molecule has 2 aromatic rings. The summed E-state index contributed by atoms with van der Waals surface area (Å²) in [6.07, 6.45) is 4.51. The van der Waals surface area contributed by atoms with Gasteiger partial charge in [0.2, 0.25) is 5.91 Å². The monoisotopic (exact) mass is 315 g/mol. The van der Waals surface area contributed by atoms with Crippen LogP contribution in [0.4, 0.5) is 0 Å². The normalized spacial score (nSPS) is 24.7. The molecule has 1 amide bonds. The molecule has 4 rings (SSSR count). The second-order valence-corrected chi connectivity index (χ2v) is 6.48. The first kappa shape index (κ1) is 14.5. The fourth-order valence-electron chi connectivity index (χ4n) is 4.02. The van der Waals surface area contributed by atoms with Gasteiger partial charge in [0.15, 0.2) is 5.58 Å². The molecular weight excluding hydrogens is 294 g/mol. The van der Waals surface area contributed by atoms with Gasteiger partial charge in [-0.05, 0) is 50.9 Å². The molecule has 0 radical (unpaired) electrons. The van der Waals surface area contributed by atoms with E-state index in [0.29, 0.717) is 17.1 Å². The highest BCUT2D eigenvalue weighted by molar-refractivity contribution is 5.79. The first-order chi connectivity index (χ1) is 11.2. The van der Waals surface area contributed by atoms with Crippen molar-refractivity contribution in [3.8, 4) is 0 Å². The highest BCUT2D eigenvalue weighted by atomic mass is 16.4. The largest absolute Gasteiger partial charge is 0.420 e. The lowest BCUT2D eigenvalue weighted by molar-refractivity contribution is -0.123. The fraction of sp³-hybridized carbons (Fsp3) is 0.529. The second kappa shape index (κ2) is 5.85. The average molecular weight is 315 g/mol. The Morgan fingerprint density at radius 1 is 1.22 bits per heavy atom. The third kappa shape index (κ3) is 2.67. The SMILES string of the molecule is O=C(Cn1c(=O)oc2ccccc21)N[C@H]1CCCN2CCC[C@@H]12. The molecule has 122 valence electrons. The van der Waals surface area contributed by atoms with Crippen LogP contribution in [0.2, 0.25) is 0 Å². The minimum Gasteiger partial charge on any atom is -0.408 e. The summed E-state index contributed by atoms with van der Waals surface area (Å²) in [4.78, 5) is 26.9. The maximum absolute atomic E-state index is 12.4. The van der Waals surface area contributed by atoms with Gasteiger partial charge in [0.1, 0.15) is 6.54 Å². The zero-order chi connectivity index (χ0) is 15.8. The number of hydrogen-bond acceptors (Lipinski definition) is 4. The van der Waals surface area contributed by atoms with Gasteiger partial charge < -0.3 is 9.73 Å². The molecule has 0 saturated carbocycles. The van der Waals surface area contributed by atoms with E-state index in [0.717, 1.165) is 32.4 Å². The minimum atomic E-state index is -0.479. The number of fused-ring (bicyclic) bond motifs is 2.